The predicted octanol–water partition coefficient (Wildman–Crippen LogP) is 2.78. The molecule has 1 aromatic heterocycles. The maximum absolute atomic E-state index is 13.2. The van der Waals surface area contributed by atoms with Crippen molar-refractivity contribution in [1.82, 2.24) is 4.37 Å². The van der Waals surface area contributed by atoms with E-state index in [-0.39, 0.29) is 11.6 Å². The molecule has 2 aromatic rings. The van der Waals surface area contributed by atoms with Gasteiger partial charge >= 0.3 is 0 Å². The SMILES string of the molecule is Nc1nsc2cc(Br)cc(F)c12. The summed E-state index contributed by atoms with van der Waals surface area (Å²) in [7, 11) is 0. The Hall–Kier alpha value is -0.680. The average molecular weight is 247 g/mol. The molecule has 0 aliphatic heterocycles. The number of hydrogen-bond acceptors (Lipinski definition) is 3. The maximum atomic E-state index is 13.2. The van der Waals surface area contributed by atoms with Crippen LogP contribution in [0.25, 0.3) is 10.1 Å². The molecule has 0 unspecified atom stereocenters. The number of anilines is 1. The summed E-state index contributed by atoms with van der Waals surface area (Å²) in [5, 5.41) is 0.420. The lowest BCUT2D eigenvalue weighted by Crippen LogP contribution is -1.86. The van der Waals surface area contributed by atoms with Gasteiger partial charge in [0.05, 0.1) is 10.1 Å². The van der Waals surface area contributed by atoms with E-state index in [0.717, 1.165) is 4.70 Å². The number of benzene rings is 1. The smallest absolute Gasteiger partial charge is 0.147 e. The van der Waals surface area contributed by atoms with Crippen molar-refractivity contribution in [3.63, 3.8) is 0 Å². The van der Waals surface area contributed by atoms with E-state index < -0.39 is 0 Å². The van der Waals surface area contributed by atoms with Crippen molar-refractivity contribution in [2.75, 3.05) is 5.73 Å². The van der Waals surface area contributed by atoms with Crippen LogP contribution in [0.4, 0.5) is 10.2 Å². The van der Waals surface area contributed by atoms with E-state index in [1.165, 1.54) is 17.6 Å². The first-order valence-corrected chi connectivity index (χ1v) is 4.75. The van der Waals surface area contributed by atoms with Gasteiger partial charge in [0.25, 0.3) is 0 Å². The molecule has 2 N–H and O–H groups in total. The minimum absolute atomic E-state index is 0.264. The molecule has 0 fully saturated rings. The second-order valence-electron chi connectivity index (χ2n) is 2.33. The Morgan fingerprint density at radius 2 is 2.25 bits per heavy atom. The highest BCUT2D eigenvalue weighted by Crippen LogP contribution is 2.30. The van der Waals surface area contributed by atoms with Gasteiger partial charge in [-0.3, -0.25) is 0 Å². The molecule has 0 spiro atoms. The Morgan fingerprint density at radius 1 is 1.50 bits per heavy atom. The highest BCUT2D eigenvalue weighted by Gasteiger charge is 2.08. The van der Waals surface area contributed by atoms with Crippen LogP contribution in [0, 0.1) is 5.82 Å². The number of hydrogen-bond donors (Lipinski definition) is 1. The third-order valence-electron chi connectivity index (χ3n) is 1.52. The normalized spacial score (nSPS) is 10.8. The number of halogens is 2. The van der Waals surface area contributed by atoms with Crippen molar-refractivity contribution >= 4 is 43.4 Å². The van der Waals surface area contributed by atoms with Gasteiger partial charge < -0.3 is 5.73 Å². The second kappa shape index (κ2) is 2.67. The highest BCUT2D eigenvalue weighted by molar-refractivity contribution is 9.10. The molecule has 0 aliphatic carbocycles. The van der Waals surface area contributed by atoms with Crippen LogP contribution < -0.4 is 5.73 Å². The van der Waals surface area contributed by atoms with Crippen LogP contribution in [-0.4, -0.2) is 4.37 Å². The van der Waals surface area contributed by atoms with Gasteiger partial charge in [-0.25, -0.2) is 4.39 Å². The minimum Gasteiger partial charge on any atom is -0.382 e. The Morgan fingerprint density at radius 3 is 3.00 bits per heavy atom. The summed E-state index contributed by atoms with van der Waals surface area (Å²) in [6.07, 6.45) is 0. The first-order valence-electron chi connectivity index (χ1n) is 3.18. The molecule has 12 heavy (non-hydrogen) atoms. The second-order valence-corrected chi connectivity index (χ2v) is 4.05. The maximum Gasteiger partial charge on any atom is 0.147 e. The van der Waals surface area contributed by atoms with Crippen LogP contribution >= 0.6 is 27.5 Å². The van der Waals surface area contributed by atoms with Gasteiger partial charge in [-0.1, -0.05) is 15.9 Å². The lowest BCUT2D eigenvalue weighted by atomic mass is 10.2. The number of aromatic nitrogens is 1. The zero-order valence-electron chi connectivity index (χ0n) is 5.84. The predicted molar refractivity (Wildman–Crippen MR) is 51.7 cm³/mol. The fourth-order valence-corrected chi connectivity index (χ4v) is 2.36. The molecule has 0 saturated heterocycles. The number of rotatable bonds is 0. The summed E-state index contributed by atoms with van der Waals surface area (Å²) >= 11 is 4.39. The third-order valence-corrected chi connectivity index (χ3v) is 2.78. The minimum atomic E-state index is -0.328. The molecule has 2 rings (SSSR count). The van der Waals surface area contributed by atoms with Crippen molar-refractivity contribution in [2.45, 2.75) is 0 Å². The number of nitrogens with zero attached hydrogens (tertiary/aromatic N) is 1. The molecule has 0 amide bonds. The first-order chi connectivity index (χ1) is 5.68. The Labute approximate surface area is 80.5 Å². The fraction of sp³-hybridized carbons (Fsp3) is 0. The summed E-state index contributed by atoms with van der Waals surface area (Å²) in [6.45, 7) is 0. The molecule has 5 heteroatoms. The van der Waals surface area contributed by atoms with E-state index in [4.69, 9.17) is 5.73 Å². The Balaban J connectivity index is 2.93. The first kappa shape index (κ1) is 7.94. The lowest BCUT2D eigenvalue weighted by molar-refractivity contribution is 0.639. The molecule has 0 aliphatic rings. The summed E-state index contributed by atoms with van der Waals surface area (Å²) in [5.41, 5.74) is 5.47. The molecule has 0 bridgehead atoms. The Bertz CT molecular complexity index is 440. The molecular weight excluding hydrogens is 243 g/mol. The number of nitrogen functional groups attached to an aromatic ring is 1. The van der Waals surface area contributed by atoms with Gasteiger partial charge in [-0.2, -0.15) is 4.37 Å². The number of nitrogens with two attached hydrogens (primary N) is 1. The summed E-state index contributed by atoms with van der Waals surface area (Å²) in [4.78, 5) is 0. The summed E-state index contributed by atoms with van der Waals surface area (Å²) in [6, 6.07) is 3.18. The van der Waals surface area contributed by atoms with E-state index in [1.54, 1.807) is 6.07 Å². The van der Waals surface area contributed by atoms with Crippen LogP contribution in [0.3, 0.4) is 0 Å². The van der Waals surface area contributed by atoms with Crippen LogP contribution in [0.2, 0.25) is 0 Å². The van der Waals surface area contributed by atoms with Crippen molar-refractivity contribution in [3.8, 4) is 0 Å². The van der Waals surface area contributed by atoms with Crippen LogP contribution in [0.1, 0.15) is 0 Å². The van der Waals surface area contributed by atoms with Crippen molar-refractivity contribution in [2.24, 2.45) is 0 Å². The van der Waals surface area contributed by atoms with E-state index in [2.05, 4.69) is 20.3 Å². The monoisotopic (exact) mass is 246 g/mol. The average Bonchev–Trinajstić information content (AvgIpc) is 2.31. The van der Waals surface area contributed by atoms with Crippen LogP contribution in [-0.2, 0) is 0 Å². The molecule has 0 radical (unpaired) electrons. The van der Waals surface area contributed by atoms with Gasteiger partial charge in [0.2, 0.25) is 0 Å². The molecule has 1 aromatic carbocycles. The molecule has 62 valence electrons. The van der Waals surface area contributed by atoms with E-state index in [0.29, 0.717) is 9.86 Å². The van der Waals surface area contributed by atoms with Gasteiger partial charge in [-0.05, 0) is 23.7 Å². The molecule has 1 heterocycles. The molecular formula is C7H4BrFN2S. The van der Waals surface area contributed by atoms with E-state index in [9.17, 15) is 4.39 Å². The third kappa shape index (κ3) is 1.09. The van der Waals surface area contributed by atoms with Gasteiger partial charge in [0.15, 0.2) is 0 Å². The van der Waals surface area contributed by atoms with Crippen molar-refractivity contribution in [3.05, 3.63) is 22.4 Å². The van der Waals surface area contributed by atoms with E-state index in [1.807, 2.05) is 0 Å². The highest BCUT2D eigenvalue weighted by atomic mass is 79.9. The molecule has 2 nitrogen and oxygen atoms in total. The topological polar surface area (TPSA) is 38.9 Å². The molecule has 0 atom stereocenters. The quantitative estimate of drug-likeness (QED) is 0.777. The van der Waals surface area contributed by atoms with Crippen molar-refractivity contribution < 1.29 is 4.39 Å². The van der Waals surface area contributed by atoms with Gasteiger partial charge in [0, 0.05) is 4.47 Å². The lowest BCUT2D eigenvalue weighted by Gasteiger charge is -1.93. The summed E-state index contributed by atoms with van der Waals surface area (Å²) in [5.74, 6) is -0.0642. The van der Waals surface area contributed by atoms with Crippen LogP contribution in [0.5, 0.6) is 0 Å². The standard InChI is InChI=1S/C7H4BrFN2S/c8-3-1-4(9)6-5(2-3)12-11-7(6)10/h1-2H,(H2,10,11). The number of fused-ring (bicyclic) bond motifs is 1. The fourth-order valence-electron chi connectivity index (χ4n) is 1.01. The molecule has 0 saturated carbocycles. The van der Waals surface area contributed by atoms with E-state index >= 15 is 0 Å². The van der Waals surface area contributed by atoms with Gasteiger partial charge in [0.1, 0.15) is 11.6 Å². The zero-order valence-corrected chi connectivity index (χ0v) is 8.25. The van der Waals surface area contributed by atoms with Crippen LogP contribution in [0.15, 0.2) is 16.6 Å². The largest absolute Gasteiger partial charge is 0.382 e. The Kier molecular flexibility index (Phi) is 1.77. The van der Waals surface area contributed by atoms with Gasteiger partial charge in [-0.15, -0.1) is 0 Å². The zero-order chi connectivity index (χ0) is 8.72. The summed E-state index contributed by atoms with van der Waals surface area (Å²) < 4.78 is 18.5. The van der Waals surface area contributed by atoms with Crippen molar-refractivity contribution in [1.29, 1.82) is 0 Å².